The van der Waals surface area contributed by atoms with Crippen LogP contribution in [0.15, 0.2) is 29.4 Å². The lowest BCUT2D eigenvalue weighted by atomic mass is 9.80. The fourth-order valence-electron chi connectivity index (χ4n) is 2.19. The fraction of sp³-hybridized carbons (Fsp3) is 0.538. The third-order valence-corrected chi connectivity index (χ3v) is 4.61. The molecule has 1 aromatic heterocycles. The molecule has 1 saturated carbocycles. The molecule has 1 aliphatic carbocycles. The van der Waals surface area contributed by atoms with Crippen LogP contribution in [0.25, 0.3) is 0 Å². The first-order valence-corrected chi connectivity index (χ1v) is 7.07. The Labute approximate surface area is 110 Å². The fourth-order valence-corrected chi connectivity index (χ4v) is 3.20. The Morgan fingerprint density at radius 1 is 1.44 bits per heavy atom. The van der Waals surface area contributed by atoms with Crippen molar-refractivity contribution in [3.63, 3.8) is 0 Å². The number of carbonyl (C=O) groups is 1. The van der Waals surface area contributed by atoms with Gasteiger partial charge in [0.25, 0.3) is 0 Å². The van der Waals surface area contributed by atoms with E-state index >= 15 is 0 Å². The van der Waals surface area contributed by atoms with Crippen LogP contribution < -0.4 is 0 Å². The van der Waals surface area contributed by atoms with Crippen molar-refractivity contribution in [2.75, 3.05) is 5.75 Å². The smallest absolute Gasteiger partial charge is 0.306 e. The molecule has 0 aliphatic heterocycles. The number of thioether (sulfide) groups is 1. The Hall–Kier alpha value is -1.07. The lowest BCUT2D eigenvalue weighted by Gasteiger charge is -2.34. The minimum Gasteiger partial charge on any atom is -0.481 e. The summed E-state index contributed by atoms with van der Waals surface area (Å²) in [5, 5.41) is 20.2. The summed E-state index contributed by atoms with van der Waals surface area (Å²) in [7, 11) is 0. The highest BCUT2D eigenvalue weighted by atomic mass is 32.2. The van der Waals surface area contributed by atoms with Gasteiger partial charge in [-0.25, -0.2) is 4.98 Å². The molecule has 2 rings (SSSR count). The maximum Gasteiger partial charge on any atom is 0.306 e. The largest absolute Gasteiger partial charge is 0.481 e. The minimum absolute atomic E-state index is 0.287. The molecule has 0 radical (unpaired) electrons. The quantitative estimate of drug-likeness (QED) is 0.818. The van der Waals surface area contributed by atoms with Gasteiger partial charge >= 0.3 is 5.97 Å². The molecule has 0 spiro atoms. The van der Waals surface area contributed by atoms with Gasteiger partial charge in [-0.1, -0.05) is 6.07 Å². The number of rotatable bonds is 4. The number of aliphatic hydroxyl groups is 1. The summed E-state index contributed by atoms with van der Waals surface area (Å²) in [6, 6.07) is 5.69. The molecular formula is C13H17NO3S. The van der Waals surface area contributed by atoms with E-state index in [-0.39, 0.29) is 5.92 Å². The molecule has 1 fully saturated rings. The monoisotopic (exact) mass is 267 g/mol. The van der Waals surface area contributed by atoms with Gasteiger partial charge in [0.2, 0.25) is 0 Å². The Balaban J connectivity index is 1.85. The number of aromatic nitrogens is 1. The van der Waals surface area contributed by atoms with Crippen LogP contribution in [0.4, 0.5) is 0 Å². The van der Waals surface area contributed by atoms with E-state index in [0.29, 0.717) is 31.4 Å². The Bertz CT molecular complexity index is 402. The van der Waals surface area contributed by atoms with Crippen LogP contribution in [-0.2, 0) is 4.79 Å². The van der Waals surface area contributed by atoms with Crippen LogP contribution in [-0.4, -0.2) is 32.5 Å². The predicted molar refractivity (Wildman–Crippen MR) is 69.5 cm³/mol. The van der Waals surface area contributed by atoms with E-state index in [0.717, 1.165) is 5.03 Å². The van der Waals surface area contributed by atoms with Crippen LogP contribution in [0.1, 0.15) is 25.7 Å². The molecule has 0 atom stereocenters. The van der Waals surface area contributed by atoms with Crippen LogP contribution in [0.2, 0.25) is 0 Å². The summed E-state index contributed by atoms with van der Waals surface area (Å²) in [5.74, 6) is -0.448. The summed E-state index contributed by atoms with van der Waals surface area (Å²) in [5.41, 5.74) is -0.742. The number of hydrogen-bond acceptors (Lipinski definition) is 4. The molecule has 1 aromatic rings. The summed E-state index contributed by atoms with van der Waals surface area (Å²) in [6.45, 7) is 0. The van der Waals surface area contributed by atoms with Crippen molar-refractivity contribution >= 4 is 17.7 Å². The Morgan fingerprint density at radius 3 is 2.72 bits per heavy atom. The van der Waals surface area contributed by atoms with Crippen molar-refractivity contribution in [1.29, 1.82) is 0 Å². The first kappa shape index (κ1) is 13.4. The van der Waals surface area contributed by atoms with E-state index < -0.39 is 11.6 Å². The molecule has 5 heteroatoms. The second-order valence-electron chi connectivity index (χ2n) is 4.79. The van der Waals surface area contributed by atoms with Gasteiger partial charge in [0.05, 0.1) is 16.5 Å². The normalized spacial score (nSPS) is 27.9. The average molecular weight is 267 g/mol. The standard InChI is InChI=1S/C13H17NO3S/c15-12(16)10-4-6-13(17,7-5-10)9-18-11-3-1-2-8-14-11/h1-3,8,10,17H,4-7,9H2,(H,15,16). The highest BCUT2D eigenvalue weighted by Crippen LogP contribution is 2.35. The molecular weight excluding hydrogens is 250 g/mol. The molecule has 0 saturated heterocycles. The lowest BCUT2D eigenvalue weighted by Crippen LogP contribution is -2.38. The summed E-state index contributed by atoms with van der Waals surface area (Å²) in [4.78, 5) is 15.0. The zero-order chi connectivity index (χ0) is 13.0. The molecule has 98 valence electrons. The molecule has 18 heavy (non-hydrogen) atoms. The van der Waals surface area contributed by atoms with Crippen molar-refractivity contribution in [3.05, 3.63) is 24.4 Å². The van der Waals surface area contributed by atoms with E-state index in [9.17, 15) is 9.90 Å². The molecule has 4 nitrogen and oxygen atoms in total. The van der Waals surface area contributed by atoms with E-state index in [1.165, 1.54) is 11.8 Å². The van der Waals surface area contributed by atoms with Crippen LogP contribution in [0.3, 0.4) is 0 Å². The number of aliphatic carboxylic acids is 1. The zero-order valence-electron chi connectivity index (χ0n) is 10.1. The van der Waals surface area contributed by atoms with Crippen LogP contribution in [0.5, 0.6) is 0 Å². The van der Waals surface area contributed by atoms with Crippen molar-refractivity contribution in [1.82, 2.24) is 4.98 Å². The van der Waals surface area contributed by atoms with Crippen molar-refractivity contribution in [2.45, 2.75) is 36.3 Å². The molecule has 1 aliphatic rings. The van der Waals surface area contributed by atoms with Gasteiger partial charge in [-0.05, 0) is 37.8 Å². The number of carboxylic acid groups (broad SMARTS) is 1. The second-order valence-corrected chi connectivity index (χ2v) is 5.79. The topological polar surface area (TPSA) is 70.4 Å². The molecule has 1 heterocycles. The van der Waals surface area contributed by atoms with Crippen molar-refractivity contribution in [3.8, 4) is 0 Å². The van der Waals surface area contributed by atoms with Gasteiger partial charge < -0.3 is 10.2 Å². The molecule has 0 bridgehead atoms. The maximum atomic E-state index is 10.8. The van der Waals surface area contributed by atoms with E-state index in [4.69, 9.17) is 5.11 Å². The molecule has 0 amide bonds. The first-order valence-electron chi connectivity index (χ1n) is 6.08. The van der Waals surface area contributed by atoms with Crippen molar-refractivity contribution < 1.29 is 15.0 Å². The minimum atomic E-state index is -0.742. The zero-order valence-corrected chi connectivity index (χ0v) is 10.9. The Kier molecular flexibility index (Phi) is 4.24. The van der Waals surface area contributed by atoms with Crippen LogP contribution >= 0.6 is 11.8 Å². The summed E-state index contributed by atoms with van der Waals surface area (Å²) >= 11 is 1.53. The third kappa shape index (κ3) is 3.46. The third-order valence-electron chi connectivity index (χ3n) is 3.39. The number of carboxylic acids is 1. The first-order chi connectivity index (χ1) is 8.59. The van der Waals surface area contributed by atoms with Crippen molar-refractivity contribution in [2.24, 2.45) is 5.92 Å². The highest BCUT2D eigenvalue weighted by Gasteiger charge is 2.35. The van der Waals surface area contributed by atoms with E-state index in [2.05, 4.69) is 4.98 Å². The van der Waals surface area contributed by atoms with Gasteiger partial charge in [-0.2, -0.15) is 0 Å². The number of hydrogen-bond donors (Lipinski definition) is 2. The SMILES string of the molecule is O=C(O)C1CCC(O)(CSc2ccccn2)CC1. The summed E-state index contributed by atoms with van der Waals surface area (Å²) < 4.78 is 0. The Morgan fingerprint density at radius 2 is 2.17 bits per heavy atom. The van der Waals surface area contributed by atoms with Gasteiger partial charge in [0.1, 0.15) is 0 Å². The summed E-state index contributed by atoms with van der Waals surface area (Å²) in [6.07, 6.45) is 3.98. The molecule has 0 unspecified atom stereocenters. The second kappa shape index (κ2) is 5.71. The van der Waals surface area contributed by atoms with Crippen LogP contribution in [0, 0.1) is 5.92 Å². The molecule has 0 aromatic carbocycles. The van der Waals surface area contributed by atoms with Gasteiger partial charge in [-0.3, -0.25) is 4.79 Å². The molecule has 2 N–H and O–H groups in total. The number of nitrogens with zero attached hydrogens (tertiary/aromatic N) is 1. The van der Waals surface area contributed by atoms with E-state index in [1.54, 1.807) is 6.20 Å². The van der Waals surface area contributed by atoms with Gasteiger partial charge in [-0.15, -0.1) is 11.8 Å². The lowest BCUT2D eigenvalue weighted by molar-refractivity contribution is -0.144. The predicted octanol–water partition coefficient (Wildman–Crippen LogP) is 2.18. The average Bonchev–Trinajstić information content (AvgIpc) is 2.38. The van der Waals surface area contributed by atoms with E-state index in [1.807, 2.05) is 18.2 Å². The highest BCUT2D eigenvalue weighted by molar-refractivity contribution is 7.99. The number of pyridine rings is 1. The van der Waals surface area contributed by atoms with Gasteiger partial charge in [0.15, 0.2) is 0 Å². The van der Waals surface area contributed by atoms with Gasteiger partial charge in [0, 0.05) is 11.9 Å². The maximum absolute atomic E-state index is 10.8.